The Balaban J connectivity index is 1.70. The number of nitrogens with one attached hydrogen (secondary N) is 1. The summed E-state index contributed by atoms with van der Waals surface area (Å²) in [5.41, 5.74) is 0.451. The number of methoxy groups -OCH3 is 1. The number of piperidine rings is 2. The lowest BCUT2D eigenvalue weighted by Gasteiger charge is -2.47. The number of carbonyl (C=O) groups is 1. The number of carbonyl (C=O) groups excluding carboxylic acids is 1. The maximum atomic E-state index is 12.5. The van der Waals surface area contributed by atoms with Crippen molar-refractivity contribution in [1.82, 2.24) is 10.2 Å². The van der Waals surface area contributed by atoms with Crippen LogP contribution in [-0.2, 0) is 11.3 Å². The molecule has 2 atom stereocenters. The first-order valence-corrected chi connectivity index (χ1v) is 9.93. The lowest BCUT2D eigenvalue weighted by molar-refractivity contribution is -0.149. The van der Waals surface area contributed by atoms with Crippen LogP contribution in [0.4, 0.5) is 0 Å². The number of rotatable bonds is 6. The first kappa shape index (κ1) is 20.0. The van der Waals surface area contributed by atoms with Gasteiger partial charge in [-0.2, -0.15) is 0 Å². The first-order chi connectivity index (χ1) is 12.9. The Labute approximate surface area is 161 Å². The molecule has 27 heavy (non-hydrogen) atoms. The van der Waals surface area contributed by atoms with Crippen LogP contribution in [0.2, 0.25) is 0 Å². The van der Waals surface area contributed by atoms with Gasteiger partial charge in [0.1, 0.15) is 0 Å². The number of ether oxygens (including phenoxy) is 2. The summed E-state index contributed by atoms with van der Waals surface area (Å²) in [6, 6.07) is 6.02. The molecule has 1 aromatic rings. The second kappa shape index (κ2) is 8.48. The van der Waals surface area contributed by atoms with E-state index in [4.69, 9.17) is 9.47 Å². The van der Waals surface area contributed by atoms with Gasteiger partial charge in [-0.15, -0.1) is 0 Å². The van der Waals surface area contributed by atoms with E-state index < -0.39 is 11.5 Å². The Morgan fingerprint density at radius 2 is 2.19 bits per heavy atom. The predicted octanol–water partition coefficient (Wildman–Crippen LogP) is 2.19. The Morgan fingerprint density at radius 3 is 2.89 bits per heavy atom. The minimum Gasteiger partial charge on any atom is -0.493 e. The van der Waals surface area contributed by atoms with Crippen molar-refractivity contribution in [2.75, 3.05) is 33.4 Å². The van der Waals surface area contributed by atoms with E-state index in [2.05, 4.69) is 30.1 Å². The molecule has 0 unspecified atom stereocenters. The molecular formula is C21H32N2O4. The van der Waals surface area contributed by atoms with Crippen LogP contribution in [0.25, 0.3) is 0 Å². The van der Waals surface area contributed by atoms with E-state index in [1.807, 2.05) is 12.1 Å². The van der Waals surface area contributed by atoms with Crippen LogP contribution in [0.1, 0.15) is 38.7 Å². The summed E-state index contributed by atoms with van der Waals surface area (Å²) < 4.78 is 11.3. The van der Waals surface area contributed by atoms with Gasteiger partial charge in [0.15, 0.2) is 11.5 Å². The largest absolute Gasteiger partial charge is 0.493 e. The van der Waals surface area contributed by atoms with Crippen molar-refractivity contribution in [2.24, 2.45) is 11.3 Å². The minimum atomic E-state index is -0.666. The summed E-state index contributed by atoms with van der Waals surface area (Å²) in [5.74, 6) is 1.94. The molecule has 150 valence electrons. The lowest BCUT2D eigenvalue weighted by Crippen LogP contribution is -2.61. The second-order valence-corrected chi connectivity index (χ2v) is 8.22. The number of benzene rings is 1. The molecule has 0 bridgehead atoms. The van der Waals surface area contributed by atoms with Crippen LogP contribution >= 0.6 is 0 Å². The van der Waals surface area contributed by atoms with Crippen LogP contribution in [0.5, 0.6) is 11.5 Å². The Bertz CT molecular complexity index is 664. The van der Waals surface area contributed by atoms with Gasteiger partial charge in [-0.1, -0.05) is 19.9 Å². The fourth-order valence-electron chi connectivity index (χ4n) is 4.11. The molecule has 2 N–H and O–H groups in total. The van der Waals surface area contributed by atoms with Crippen molar-refractivity contribution in [3.63, 3.8) is 0 Å². The SMILES string of the molecule is COc1cc(CN2CC[C@H](O)[C@@]3(CCCNC3=O)C2)ccc1OCC(C)C. The summed E-state index contributed by atoms with van der Waals surface area (Å²) in [6.45, 7) is 7.69. The molecule has 0 saturated carbocycles. The highest BCUT2D eigenvalue weighted by Gasteiger charge is 2.49. The van der Waals surface area contributed by atoms with Crippen molar-refractivity contribution in [1.29, 1.82) is 0 Å². The maximum absolute atomic E-state index is 12.5. The monoisotopic (exact) mass is 376 g/mol. The molecule has 1 amide bonds. The molecular weight excluding hydrogens is 344 g/mol. The van der Waals surface area contributed by atoms with Crippen molar-refractivity contribution < 1.29 is 19.4 Å². The zero-order valence-electron chi connectivity index (χ0n) is 16.7. The Morgan fingerprint density at radius 1 is 1.37 bits per heavy atom. The van der Waals surface area contributed by atoms with Gasteiger partial charge in [0.05, 0.1) is 25.2 Å². The average Bonchev–Trinajstić information content (AvgIpc) is 2.65. The van der Waals surface area contributed by atoms with Gasteiger partial charge in [0.2, 0.25) is 5.91 Å². The fourth-order valence-corrected chi connectivity index (χ4v) is 4.11. The van der Waals surface area contributed by atoms with E-state index in [0.29, 0.717) is 32.0 Å². The number of likely N-dealkylation sites (tertiary alicyclic amines) is 1. The lowest BCUT2D eigenvalue weighted by atomic mass is 9.71. The summed E-state index contributed by atoms with van der Waals surface area (Å²) in [7, 11) is 1.65. The third-order valence-electron chi connectivity index (χ3n) is 5.61. The third-order valence-corrected chi connectivity index (χ3v) is 5.61. The average molecular weight is 376 g/mol. The van der Waals surface area contributed by atoms with Gasteiger partial charge in [0.25, 0.3) is 0 Å². The summed E-state index contributed by atoms with van der Waals surface area (Å²) in [4.78, 5) is 14.8. The molecule has 2 saturated heterocycles. The van der Waals surface area contributed by atoms with E-state index in [-0.39, 0.29) is 5.91 Å². The molecule has 3 rings (SSSR count). The number of aliphatic hydroxyl groups is 1. The molecule has 0 radical (unpaired) electrons. The van der Waals surface area contributed by atoms with Crippen LogP contribution < -0.4 is 14.8 Å². The van der Waals surface area contributed by atoms with Crippen LogP contribution in [0.15, 0.2) is 18.2 Å². The third kappa shape index (κ3) is 4.38. The molecule has 1 spiro atoms. The number of amides is 1. The van der Waals surface area contributed by atoms with Gasteiger partial charge in [-0.05, 0) is 42.9 Å². The molecule has 2 fully saturated rings. The standard InChI is InChI=1S/C21H32N2O4/c1-15(2)13-27-17-6-5-16(11-18(17)26-3)12-23-10-7-19(24)21(14-23)8-4-9-22-20(21)25/h5-6,11,15,19,24H,4,7-10,12-14H2,1-3H3,(H,22,25)/t19-,21+/m0/s1. The first-order valence-electron chi connectivity index (χ1n) is 9.93. The number of aliphatic hydroxyl groups excluding tert-OH is 1. The highest BCUT2D eigenvalue weighted by atomic mass is 16.5. The molecule has 2 heterocycles. The minimum absolute atomic E-state index is 0.000893. The van der Waals surface area contributed by atoms with Crippen molar-refractivity contribution >= 4 is 5.91 Å². The summed E-state index contributed by atoms with van der Waals surface area (Å²) in [6.07, 6.45) is 1.74. The van der Waals surface area contributed by atoms with Crippen molar-refractivity contribution in [3.05, 3.63) is 23.8 Å². The summed E-state index contributed by atoms with van der Waals surface area (Å²) >= 11 is 0. The Kier molecular flexibility index (Phi) is 6.27. The van der Waals surface area contributed by atoms with Gasteiger partial charge in [0, 0.05) is 26.2 Å². The highest BCUT2D eigenvalue weighted by Crippen LogP contribution is 2.38. The van der Waals surface area contributed by atoms with E-state index in [9.17, 15) is 9.90 Å². The fraction of sp³-hybridized carbons (Fsp3) is 0.667. The molecule has 6 nitrogen and oxygen atoms in total. The molecule has 2 aliphatic heterocycles. The van der Waals surface area contributed by atoms with Crippen molar-refractivity contribution in [2.45, 2.75) is 45.8 Å². The molecule has 6 heteroatoms. The predicted molar refractivity (Wildman–Crippen MR) is 104 cm³/mol. The van der Waals surface area contributed by atoms with Crippen molar-refractivity contribution in [3.8, 4) is 11.5 Å². The summed E-state index contributed by atoms with van der Waals surface area (Å²) in [5, 5.41) is 13.5. The van der Waals surface area contributed by atoms with Crippen LogP contribution in [0.3, 0.4) is 0 Å². The molecule has 1 aromatic carbocycles. The smallest absolute Gasteiger partial charge is 0.230 e. The van der Waals surface area contributed by atoms with Gasteiger partial charge in [-0.25, -0.2) is 0 Å². The quantitative estimate of drug-likeness (QED) is 0.796. The molecule has 2 aliphatic rings. The zero-order chi connectivity index (χ0) is 19.4. The second-order valence-electron chi connectivity index (χ2n) is 8.22. The number of nitrogens with zero attached hydrogens (tertiary/aromatic N) is 1. The maximum Gasteiger partial charge on any atom is 0.230 e. The van der Waals surface area contributed by atoms with Gasteiger partial charge in [-0.3, -0.25) is 9.69 Å². The molecule has 0 aromatic heterocycles. The van der Waals surface area contributed by atoms with Gasteiger partial charge >= 0.3 is 0 Å². The topological polar surface area (TPSA) is 71.0 Å². The van der Waals surface area contributed by atoms with E-state index in [0.717, 1.165) is 43.0 Å². The number of hydrogen-bond donors (Lipinski definition) is 2. The van der Waals surface area contributed by atoms with Gasteiger partial charge < -0.3 is 19.9 Å². The molecule has 0 aliphatic carbocycles. The zero-order valence-corrected chi connectivity index (χ0v) is 16.7. The number of hydrogen-bond acceptors (Lipinski definition) is 5. The van der Waals surface area contributed by atoms with E-state index in [1.54, 1.807) is 7.11 Å². The van der Waals surface area contributed by atoms with Crippen LogP contribution in [-0.4, -0.2) is 55.4 Å². The van der Waals surface area contributed by atoms with E-state index >= 15 is 0 Å². The van der Waals surface area contributed by atoms with E-state index in [1.165, 1.54) is 0 Å². The highest BCUT2D eigenvalue weighted by molar-refractivity contribution is 5.84. The van der Waals surface area contributed by atoms with Crippen LogP contribution in [0, 0.1) is 11.3 Å². The normalized spacial score (nSPS) is 26.3. The Hall–Kier alpha value is -1.79.